The monoisotopic (exact) mass is 480 g/mol. The molecule has 4 aromatic carbocycles. The Hall–Kier alpha value is -3.92. The van der Waals surface area contributed by atoms with Crippen molar-refractivity contribution in [3.63, 3.8) is 0 Å². The summed E-state index contributed by atoms with van der Waals surface area (Å²) in [4.78, 5) is 9.68. The van der Waals surface area contributed by atoms with Gasteiger partial charge in [-0.05, 0) is 72.5 Å². The summed E-state index contributed by atoms with van der Waals surface area (Å²) < 4.78 is 28.4. The van der Waals surface area contributed by atoms with E-state index in [1.165, 1.54) is 12.1 Å². The van der Waals surface area contributed by atoms with Crippen LogP contribution in [0.15, 0.2) is 107 Å². The van der Waals surface area contributed by atoms with Crippen molar-refractivity contribution in [3.8, 4) is 0 Å². The normalized spacial score (nSPS) is 13.9. The third kappa shape index (κ3) is 5.83. The largest absolute Gasteiger partial charge is 0.252 e. The number of rotatable bonds is 7. The summed E-state index contributed by atoms with van der Waals surface area (Å²) in [6.07, 6.45) is 0. The zero-order chi connectivity index (χ0) is 25.7. The molecule has 0 amide bonds. The number of benzene rings is 4. The van der Waals surface area contributed by atoms with E-state index in [1.807, 2.05) is 74.5 Å². The molecule has 4 heteroatoms. The smallest absolute Gasteiger partial charge is 0.123 e. The van der Waals surface area contributed by atoms with E-state index in [2.05, 4.69) is 13.8 Å². The third-order valence-electron chi connectivity index (χ3n) is 6.61. The molecule has 36 heavy (non-hydrogen) atoms. The van der Waals surface area contributed by atoms with Gasteiger partial charge in [-0.15, -0.1) is 0 Å². The first kappa shape index (κ1) is 25.2. The van der Waals surface area contributed by atoms with E-state index in [4.69, 9.17) is 9.98 Å². The van der Waals surface area contributed by atoms with Crippen LogP contribution >= 0.6 is 0 Å². The van der Waals surface area contributed by atoms with Gasteiger partial charge in [-0.25, -0.2) is 8.78 Å². The molecule has 0 N–H and O–H groups in total. The first-order valence-corrected chi connectivity index (χ1v) is 12.1. The van der Waals surface area contributed by atoms with Gasteiger partial charge in [0, 0.05) is 11.8 Å². The lowest BCUT2D eigenvalue weighted by atomic mass is 9.91. The standard InChI is InChI=1S/C32H30F2N2/c1-21(25-11-7-5-8-12-25)29-19-27(33)15-17-31(29)35-23(3)24(4)36-32-18-16-28(34)20-30(32)22(2)26-13-9-6-10-14-26/h5-22H,1-4H3/t21-,22+. The second-order valence-corrected chi connectivity index (χ2v) is 9.07. The minimum absolute atomic E-state index is 0.0267. The number of hydrogen-bond acceptors (Lipinski definition) is 2. The second kappa shape index (κ2) is 11.2. The maximum atomic E-state index is 14.2. The van der Waals surface area contributed by atoms with Crippen molar-refractivity contribution in [2.75, 3.05) is 0 Å². The van der Waals surface area contributed by atoms with Crippen LogP contribution in [0.5, 0.6) is 0 Å². The Kier molecular flexibility index (Phi) is 7.84. The minimum Gasteiger partial charge on any atom is -0.252 e. The molecule has 182 valence electrons. The van der Waals surface area contributed by atoms with E-state index in [9.17, 15) is 8.78 Å². The molecule has 2 nitrogen and oxygen atoms in total. The molecule has 0 saturated carbocycles. The lowest BCUT2D eigenvalue weighted by Crippen LogP contribution is -2.06. The van der Waals surface area contributed by atoms with Crippen LogP contribution in [-0.4, -0.2) is 11.4 Å². The summed E-state index contributed by atoms with van der Waals surface area (Å²) in [6, 6.07) is 29.4. The van der Waals surface area contributed by atoms with Gasteiger partial charge in [-0.3, -0.25) is 9.98 Å². The maximum absolute atomic E-state index is 14.2. The molecule has 0 aliphatic heterocycles. The van der Waals surface area contributed by atoms with Crippen LogP contribution in [0.3, 0.4) is 0 Å². The molecule has 2 atom stereocenters. The predicted octanol–water partition coefficient (Wildman–Crippen LogP) is 9.15. The van der Waals surface area contributed by atoms with Crippen LogP contribution in [-0.2, 0) is 0 Å². The summed E-state index contributed by atoms with van der Waals surface area (Å²) in [5, 5.41) is 0. The number of hydrogen-bond donors (Lipinski definition) is 0. The van der Waals surface area contributed by atoms with Crippen LogP contribution in [0, 0.1) is 11.6 Å². The fourth-order valence-electron chi connectivity index (χ4n) is 4.31. The fraction of sp³-hybridized carbons (Fsp3) is 0.188. The number of nitrogens with zero attached hydrogens (tertiary/aromatic N) is 2. The molecule has 4 rings (SSSR count). The number of halogens is 2. The van der Waals surface area contributed by atoms with Gasteiger partial charge in [0.25, 0.3) is 0 Å². The highest BCUT2D eigenvalue weighted by Gasteiger charge is 2.16. The molecule has 0 spiro atoms. The van der Waals surface area contributed by atoms with Gasteiger partial charge >= 0.3 is 0 Å². The summed E-state index contributed by atoms with van der Waals surface area (Å²) in [5.74, 6) is -0.636. The lowest BCUT2D eigenvalue weighted by molar-refractivity contribution is 0.624. The molecule has 0 fully saturated rings. The van der Waals surface area contributed by atoms with E-state index in [-0.39, 0.29) is 23.5 Å². The Morgan fingerprint density at radius 3 is 1.28 bits per heavy atom. The Morgan fingerprint density at radius 1 is 0.556 bits per heavy atom. The Balaban J connectivity index is 1.70. The van der Waals surface area contributed by atoms with E-state index < -0.39 is 0 Å². The SMILES string of the molecule is CC(=Nc1ccc(F)cc1[C@H](C)c1ccccc1)C(C)=Nc1ccc(F)cc1[C@@H](C)c1ccccc1. The first-order chi connectivity index (χ1) is 17.3. The first-order valence-electron chi connectivity index (χ1n) is 12.1. The fourth-order valence-corrected chi connectivity index (χ4v) is 4.31. The van der Waals surface area contributed by atoms with Crippen LogP contribution in [0.2, 0.25) is 0 Å². The maximum Gasteiger partial charge on any atom is 0.123 e. The van der Waals surface area contributed by atoms with Gasteiger partial charge in [-0.2, -0.15) is 0 Å². The van der Waals surface area contributed by atoms with Crippen LogP contribution in [0.25, 0.3) is 0 Å². The Labute approximate surface area is 212 Å². The van der Waals surface area contributed by atoms with Crippen molar-refractivity contribution < 1.29 is 8.78 Å². The van der Waals surface area contributed by atoms with Gasteiger partial charge in [0.15, 0.2) is 0 Å². The van der Waals surface area contributed by atoms with Gasteiger partial charge in [0.1, 0.15) is 11.6 Å². The molecule has 0 aliphatic rings. The van der Waals surface area contributed by atoms with Crippen molar-refractivity contribution >= 4 is 22.8 Å². The third-order valence-corrected chi connectivity index (χ3v) is 6.61. The van der Waals surface area contributed by atoms with Crippen molar-refractivity contribution in [3.05, 3.63) is 131 Å². The van der Waals surface area contributed by atoms with Crippen LogP contribution < -0.4 is 0 Å². The van der Waals surface area contributed by atoms with Crippen molar-refractivity contribution in [1.29, 1.82) is 0 Å². The highest BCUT2D eigenvalue weighted by atomic mass is 19.1. The second-order valence-electron chi connectivity index (χ2n) is 9.07. The molecule has 0 bridgehead atoms. The molecular formula is C32H30F2N2. The molecule has 0 heterocycles. The highest BCUT2D eigenvalue weighted by Crippen LogP contribution is 2.34. The van der Waals surface area contributed by atoms with E-state index in [0.29, 0.717) is 22.8 Å². The Morgan fingerprint density at radius 2 is 0.917 bits per heavy atom. The highest BCUT2D eigenvalue weighted by molar-refractivity contribution is 6.41. The molecule has 0 unspecified atom stereocenters. The Bertz CT molecular complexity index is 1280. The molecule has 0 radical (unpaired) electrons. The molecular weight excluding hydrogens is 450 g/mol. The molecule has 0 aliphatic carbocycles. The lowest BCUT2D eigenvalue weighted by Gasteiger charge is -2.16. The summed E-state index contributed by atoms with van der Waals surface area (Å²) in [6.45, 7) is 7.89. The van der Waals surface area contributed by atoms with E-state index >= 15 is 0 Å². The van der Waals surface area contributed by atoms with Crippen molar-refractivity contribution in [2.24, 2.45) is 9.98 Å². The quantitative estimate of drug-likeness (QED) is 0.236. The average Bonchev–Trinajstić information content (AvgIpc) is 2.90. The van der Waals surface area contributed by atoms with Crippen molar-refractivity contribution in [1.82, 2.24) is 0 Å². The zero-order valence-corrected chi connectivity index (χ0v) is 21.0. The van der Waals surface area contributed by atoms with Crippen LogP contribution in [0.4, 0.5) is 20.2 Å². The number of aliphatic imine (C=N–C) groups is 2. The topological polar surface area (TPSA) is 24.7 Å². The molecule has 4 aromatic rings. The van der Waals surface area contributed by atoms with Gasteiger partial charge in [0.05, 0.1) is 22.8 Å². The molecule has 0 saturated heterocycles. The van der Waals surface area contributed by atoms with Gasteiger partial charge < -0.3 is 0 Å². The van der Waals surface area contributed by atoms with Gasteiger partial charge in [0.2, 0.25) is 0 Å². The van der Waals surface area contributed by atoms with Crippen LogP contribution in [0.1, 0.15) is 61.8 Å². The van der Waals surface area contributed by atoms with E-state index in [0.717, 1.165) is 22.3 Å². The van der Waals surface area contributed by atoms with Crippen molar-refractivity contribution in [2.45, 2.75) is 39.5 Å². The zero-order valence-electron chi connectivity index (χ0n) is 21.0. The predicted molar refractivity (Wildman–Crippen MR) is 146 cm³/mol. The average molecular weight is 481 g/mol. The summed E-state index contributed by atoms with van der Waals surface area (Å²) >= 11 is 0. The van der Waals surface area contributed by atoms with E-state index in [1.54, 1.807) is 24.3 Å². The molecule has 0 aromatic heterocycles. The minimum atomic E-state index is -0.291. The summed E-state index contributed by atoms with van der Waals surface area (Å²) in [5.41, 5.74) is 6.65. The summed E-state index contributed by atoms with van der Waals surface area (Å²) in [7, 11) is 0. The van der Waals surface area contributed by atoms with Gasteiger partial charge in [-0.1, -0.05) is 74.5 Å².